The summed E-state index contributed by atoms with van der Waals surface area (Å²) in [7, 11) is -7.60. The Kier molecular flexibility index (Phi) is 8.93. The van der Waals surface area contributed by atoms with Crippen molar-refractivity contribution in [3.05, 3.63) is 0 Å². The molecule has 0 saturated carbocycles. The van der Waals surface area contributed by atoms with Crippen molar-refractivity contribution >= 4 is 20.1 Å². The molecule has 0 atom stereocenters. The van der Waals surface area contributed by atoms with E-state index >= 15 is 0 Å². The highest BCUT2D eigenvalue weighted by atomic mass is 32.2. The predicted molar refractivity (Wildman–Crippen MR) is 89.9 cm³/mol. The summed E-state index contributed by atoms with van der Waals surface area (Å²) in [5.41, 5.74) is 0. The molecule has 0 saturated heterocycles. The van der Waals surface area contributed by atoms with Gasteiger partial charge in [0.05, 0.1) is 32.9 Å². The molecule has 7 nitrogen and oxygen atoms in total. The number of alkyl halides is 9. The van der Waals surface area contributed by atoms with Crippen molar-refractivity contribution in [1.82, 2.24) is 4.31 Å². The lowest BCUT2D eigenvalue weighted by Crippen LogP contribution is -2.65. The van der Waals surface area contributed by atoms with Crippen molar-refractivity contribution < 1.29 is 65.4 Å². The van der Waals surface area contributed by atoms with Gasteiger partial charge in [-0.3, -0.25) is 4.55 Å². The smallest absolute Gasteiger partial charge is 0.328 e. The second kappa shape index (κ2) is 9.18. The average Bonchev–Trinajstić information content (AvgIpc) is 2.51. The fourth-order valence-electron chi connectivity index (χ4n) is 2.35. The Hall–Kier alpha value is -0.850. The van der Waals surface area contributed by atoms with Crippen molar-refractivity contribution in [3.63, 3.8) is 0 Å². The normalized spacial score (nSPS) is 15.5. The van der Waals surface area contributed by atoms with Crippen molar-refractivity contribution in [1.29, 1.82) is 0 Å². The SMILES string of the molecule is CN(CCC[N+](C)(C)CCCS(=O)(=O)O)S(=O)(=O)C(F)(F)C(F)(F)C(F)(F)C(F)(F)F. The van der Waals surface area contributed by atoms with Crippen LogP contribution in [0.5, 0.6) is 0 Å². The maximum Gasteiger partial charge on any atom is 0.460 e. The van der Waals surface area contributed by atoms with Crippen LogP contribution in [0.3, 0.4) is 0 Å². The average molecular weight is 521 g/mol. The zero-order valence-electron chi connectivity index (χ0n) is 16.4. The Balaban J connectivity index is 5.32. The van der Waals surface area contributed by atoms with Crippen LogP contribution in [0.1, 0.15) is 12.8 Å². The van der Waals surface area contributed by atoms with Gasteiger partial charge in [-0.1, -0.05) is 0 Å². The van der Waals surface area contributed by atoms with E-state index in [9.17, 15) is 56.3 Å². The topological polar surface area (TPSA) is 91.8 Å². The summed E-state index contributed by atoms with van der Waals surface area (Å²) in [5.74, 6) is -15.2. The van der Waals surface area contributed by atoms with Gasteiger partial charge in [0.25, 0.3) is 20.1 Å². The lowest BCUT2D eigenvalue weighted by atomic mass is 10.1. The Labute approximate surface area is 173 Å². The van der Waals surface area contributed by atoms with Crippen molar-refractivity contribution in [2.75, 3.05) is 46.5 Å². The molecule has 0 aromatic rings. The van der Waals surface area contributed by atoms with E-state index in [1.807, 2.05) is 0 Å². The fourth-order valence-corrected chi connectivity index (χ4v) is 4.05. The largest absolute Gasteiger partial charge is 0.460 e. The summed E-state index contributed by atoms with van der Waals surface area (Å²) in [6.45, 7) is -0.889. The highest BCUT2D eigenvalue weighted by Gasteiger charge is 2.85. The molecule has 0 aromatic heterocycles. The quantitative estimate of drug-likeness (QED) is 0.242. The van der Waals surface area contributed by atoms with E-state index in [4.69, 9.17) is 4.55 Å². The third-order valence-electron chi connectivity index (χ3n) is 4.25. The highest BCUT2D eigenvalue weighted by molar-refractivity contribution is 7.90. The molecule has 0 spiro atoms. The molecule has 0 radical (unpaired) electrons. The first-order valence-electron chi connectivity index (χ1n) is 8.27. The molecule has 0 amide bonds. The van der Waals surface area contributed by atoms with E-state index in [2.05, 4.69) is 0 Å². The number of hydrogen-bond acceptors (Lipinski definition) is 4. The first kappa shape index (κ1) is 30.1. The van der Waals surface area contributed by atoms with Crippen LogP contribution >= 0.6 is 0 Å². The number of sulfonamides is 1. The number of hydrogen-bond donors (Lipinski definition) is 1. The van der Waals surface area contributed by atoms with E-state index in [1.54, 1.807) is 0 Å². The van der Waals surface area contributed by atoms with Crippen LogP contribution in [0.2, 0.25) is 0 Å². The van der Waals surface area contributed by atoms with Gasteiger partial charge in [0, 0.05) is 26.4 Å². The molecule has 0 unspecified atom stereocenters. The van der Waals surface area contributed by atoms with Gasteiger partial charge in [0.1, 0.15) is 0 Å². The number of quaternary nitrogens is 1. The van der Waals surface area contributed by atoms with Gasteiger partial charge in [-0.15, -0.1) is 0 Å². The maximum absolute atomic E-state index is 13.8. The molecule has 0 aliphatic heterocycles. The minimum Gasteiger partial charge on any atom is -0.328 e. The number of nitrogens with zero attached hydrogens (tertiary/aromatic N) is 2. The van der Waals surface area contributed by atoms with E-state index in [1.165, 1.54) is 14.1 Å². The monoisotopic (exact) mass is 521 g/mol. The van der Waals surface area contributed by atoms with Gasteiger partial charge in [-0.25, -0.2) is 8.42 Å². The van der Waals surface area contributed by atoms with Gasteiger partial charge in [-0.2, -0.15) is 52.2 Å². The van der Waals surface area contributed by atoms with Gasteiger partial charge < -0.3 is 4.48 Å². The summed E-state index contributed by atoms with van der Waals surface area (Å²) < 4.78 is 169. The molecule has 0 aliphatic carbocycles. The van der Waals surface area contributed by atoms with Crippen molar-refractivity contribution in [3.8, 4) is 0 Å². The molecular formula is C13H22F9N2O5S2+. The van der Waals surface area contributed by atoms with Crippen LogP contribution in [0.4, 0.5) is 39.5 Å². The third kappa shape index (κ3) is 6.82. The van der Waals surface area contributed by atoms with Gasteiger partial charge in [0.2, 0.25) is 0 Å². The summed E-state index contributed by atoms with van der Waals surface area (Å²) in [5, 5.41) is -6.78. The molecule has 0 aliphatic rings. The van der Waals surface area contributed by atoms with Gasteiger partial charge in [-0.05, 0) is 0 Å². The highest BCUT2D eigenvalue weighted by Crippen LogP contribution is 2.55. The van der Waals surface area contributed by atoms with Crippen LogP contribution < -0.4 is 0 Å². The second-order valence-electron chi connectivity index (χ2n) is 7.37. The summed E-state index contributed by atoms with van der Waals surface area (Å²) in [6.07, 6.45) is -7.51. The zero-order valence-corrected chi connectivity index (χ0v) is 18.1. The molecule has 0 bridgehead atoms. The molecule has 31 heavy (non-hydrogen) atoms. The van der Waals surface area contributed by atoms with Crippen molar-refractivity contribution in [2.24, 2.45) is 0 Å². The Bertz CT molecular complexity index is 827. The fraction of sp³-hybridized carbons (Fsp3) is 1.00. The molecular weight excluding hydrogens is 499 g/mol. The van der Waals surface area contributed by atoms with Crippen LogP contribution in [0, 0.1) is 0 Å². The predicted octanol–water partition coefficient (Wildman–Crippen LogP) is 2.42. The summed E-state index contributed by atoms with van der Waals surface area (Å²) in [4.78, 5) is 0. The lowest BCUT2D eigenvalue weighted by Gasteiger charge is -2.35. The van der Waals surface area contributed by atoms with E-state index in [0.29, 0.717) is 7.05 Å². The van der Waals surface area contributed by atoms with Gasteiger partial charge in [0.15, 0.2) is 0 Å². The Morgan fingerprint density at radius 2 is 1.23 bits per heavy atom. The zero-order chi connectivity index (χ0) is 25.3. The first-order chi connectivity index (χ1) is 13.3. The summed E-state index contributed by atoms with van der Waals surface area (Å²) in [6, 6.07) is 0. The van der Waals surface area contributed by atoms with Gasteiger partial charge >= 0.3 is 23.3 Å². The maximum atomic E-state index is 13.8. The van der Waals surface area contributed by atoms with E-state index in [0.717, 1.165) is 0 Å². The van der Waals surface area contributed by atoms with Crippen molar-refractivity contribution in [2.45, 2.75) is 36.1 Å². The van der Waals surface area contributed by atoms with Crippen LogP contribution in [0.25, 0.3) is 0 Å². The van der Waals surface area contributed by atoms with E-state index in [-0.39, 0.29) is 30.4 Å². The lowest BCUT2D eigenvalue weighted by molar-refractivity contribution is -0.890. The third-order valence-corrected chi connectivity index (χ3v) is 6.96. The van der Waals surface area contributed by atoms with Crippen LogP contribution in [-0.4, -0.2) is 100.0 Å². The summed E-state index contributed by atoms with van der Waals surface area (Å²) >= 11 is 0. The molecule has 188 valence electrons. The minimum atomic E-state index is -7.33. The van der Waals surface area contributed by atoms with E-state index < -0.39 is 60.0 Å². The standard InChI is InChI=1S/C13H21F9N2O5S2/c1-23(6-4-7-24(2,3)8-5-9-30(25,26)27)31(28,29)13(21,22)11(16,17)10(14,15)12(18,19)20/h4-9H2,1-3H3/p+1. The number of rotatable bonds is 12. The minimum absolute atomic E-state index is 0.0396. The molecule has 0 rings (SSSR count). The second-order valence-corrected chi connectivity index (χ2v) is 11.0. The van der Waals surface area contributed by atoms with Crippen LogP contribution in [-0.2, 0) is 20.1 Å². The molecule has 0 aromatic carbocycles. The number of halogens is 9. The van der Waals surface area contributed by atoms with Crippen LogP contribution in [0.15, 0.2) is 0 Å². The molecule has 0 heterocycles. The Morgan fingerprint density at radius 3 is 1.61 bits per heavy atom. The molecule has 1 N–H and O–H groups in total. The molecule has 0 fully saturated rings. The Morgan fingerprint density at radius 1 is 0.806 bits per heavy atom. The molecule has 18 heteroatoms. The first-order valence-corrected chi connectivity index (χ1v) is 11.3.